The molecule has 3 nitrogen and oxygen atoms in total. The van der Waals surface area contributed by atoms with Crippen LogP contribution < -0.4 is 0 Å². The van der Waals surface area contributed by atoms with Crippen LogP contribution in [0.15, 0.2) is 78.9 Å². The van der Waals surface area contributed by atoms with Crippen LogP contribution in [-0.4, -0.2) is 27.7 Å². The van der Waals surface area contributed by atoms with E-state index in [9.17, 15) is 10.2 Å². The van der Waals surface area contributed by atoms with Crippen LogP contribution in [0.4, 0.5) is 0 Å². The molecule has 3 aromatic carbocycles. The van der Waals surface area contributed by atoms with Gasteiger partial charge in [-0.2, -0.15) is 0 Å². The van der Waals surface area contributed by atoms with E-state index < -0.39 is 5.60 Å². The fraction of sp³-hybridized carbons (Fsp3) is 0.250. The van der Waals surface area contributed by atoms with Gasteiger partial charge in [-0.25, -0.2) is 0 Å². The summed E-state index contributed by atoms with van der Waals surface area (Å²) in [4.78, 5) is 2.31. The molecular formula is C24H24INO2. The first-order valence-corrected chi connectivity index (χ1v) is 10.7. The van der Waals surface area contributed by atoms with Crippen LogP contribution in [0.1, 0.15) is 29.5 Å². The number of aliphatic hydroxyl groups is 1. The normalized spacial score (nSPS) is 17.7. The molecule has 0 aromatic heterocycles. The van der Waals surface area contributed by atoms with E-state index in [-0.39, 0.29) is 6.04 Å². The Hall–Kier alpha value is -1.89. The Bertz CT molecular complexity index is 890. The quantitative estimate of drug-likeness (QED) is 0.506. The van der Waals surface area contributed by atoms with E-state index in [1.54, 1.807) is 6.07 Å². The molecule has 0 amide bonds. The Morgan fingerprint density at radius 3 is 2.11 bits per heavy atom. The number of hydrogen-bond donors (Lipinski definition) is 2. The molecule has 4 heteroatoms. The molecule has 1 atom stereocenters. The Labute approximate surface area is 179 Å². The summed E-state index contributed by atoms with van der Waals surface area (Å²) in [6.07, 6.45) is 1.93. The highest BCUT2D eigenvalue weighted by Gasteiger charge is 2.45. The topological polar surface area (TPSA) is 43.7 Å². The standard InChI is InChI=1S/C24H24INO2/c25-21-14-13-18(22(27)16-21)17-26-15-7-12-23(26)24(28,19-8-3-1-4-9-19)20-10-5-2-6-11-20/h1-6,8-11,13-14,16,23,27-28H,7,12,15,17H2/t23-/m0/s1. The molecular weight excluding hydrogens is 461 g/mol. The highest BCUT2D eigenvalue weighted by Crippen LogP contribution is 2.41. The third-order valence-electron chi connectivity index (χ3n) is 5.69. The lowest BCUT2D eigenvalue weighted by Gasteiger charge is -2.40. The van der Waals surface area contributed by atoms with Crippen molar-refractivity contribution in [2.24, 2.45) is 0 Å². The Kier molecular flexibility index (Phi) is 5.71. The molecule has 1 heterocycles. The van der Waals surface area contributed by atoms with Gasteiger partial charge in [-0.3, -0.25) is 4.90 Å². The predicted molar refractivity (Wildman–Crippen MR) is 120 cm³/mol. The zero-order chi connectivity index (χ0) is 19.6. The molecule has 28 heavy (non-hydrogen) atoms. The average Bonchev–Trinajstić information content (AvgIpc) is 3.19. The maximum atomic E-state index is 12.1. The summed E-state index contributed by atoms with van der Waals surface area (Å²) in [6, 6.07) is 25.6. The van der Waals surface area contributed by atoms with Crippen LogP contribution in [0, 0.1) is 3.57 Å². The lowest BCUT2D eigenvalue weighted by molar-refractivity contribution is -0.00672. The van der Waals surface area contributed by atoms with Gasteiger partial charge in [0.15, 0.2) is 0 Å². The number of aromatic hydroxyl groups is 1. The molecule has 0 saturated carbocycles. The van der Waals surface area contributed by atoms with Gasteiger partial charge in [-0.05, 0) is 65.2 Å². The lowest BCUT2D eigenvalue weighted by Crippen LogP contribution is -2.48. The fourth-order valence-corrected chi connectivity index (χ4v) is 4.79. The minimum Gasteiger partial charge on any atom is -0.508 e. The fourth-order valence-electron chi connectivity index (χ4n) is 4.31. The summed E-state index contributed by atoms with van der Waals surface area (Å²) < 4.78 is 1.02. The number of likely N-dealkylation sites (tertiary alicyclic amines) is 1. The molecule has 1 fully saturated rings. The third kappa shape index (κ3) is 3.69. The zero-order valence-corrected chi connectivity index (χ0v) is 17.8. The number of hydrogen-bond acceptors (Lipinski definition) is 3. The van der Waals surface area contributed by atoms with E-state index in [0.29, 0.717) is 12.3 Å². The van der Waals surface area contributed by atoms with Crippen molar-refractivity contribution in [3.05, 3.63) is 99.1 Å². The van der Waals surface area contributed by atoms with E-state index >= 15 is 0 Å². The molecule has 144 valence electrons. The highest BCUT2D eigenvalue weighted by molar-refractivity contribution is 14.1. The van der Waals surface area contributed by atoms with Crippen LogP contribution >= 0.6 is 22.6 Å². The first kappa shape index (κ1) is 19.4. The molecule has 0 radical (unpaired) electrons. The number of phenolic OH excluding ortho intramolecular Hbond substituents is 1. The van der Waals surface area contributed by atoms with Crippen LogP contribution in [0.3, 0.4) is 0 Å². The van der Waals surface area contributed by atoms with Crippen LogP contribution in [0.25, 0.3) is 0 Å². The first-order valence-electron chi connectivity index (χ1n) is 9.64. The van der Waals surface area contributed by atoms with E-state index in [1.165, 1.54) is 0 Å². The largest absolute Gasteiger partial charge is 0.508 e. The van der Waals surface area contributed by atoms with Crippen LogP contribution in [0.2, 0.25) is 0 Å². The van der Waals surface area contributed by atoms with Crippen molar-refractivity contribution in [1.29, 1.82) is 0 Å². The predicted octanol–water partition coefficient (Wildman–Crippen LogP) is 4.90. The zero-order valence-electron chi connectivity index (χ0n) is 15.6. The molecule has 0 aliphatic carbocycles. The minimum absolute atomic E-state index is 0.0593. The summed E-state index contributed by atoms with van der Waals surface area (Å²) in [6.45, 7) is 1.52. The van der Waals surface area contributed by atoms with Crippen molar-refractivity contribution < 1.29 is 10.2 Å². The van der Waals surface area contributed by atoms with Gasteiger partial charge >= 0.3 is 0 Å². The molecule has 0 bridgehead atoms. The SMILES string of the molecule is Oc1cc(I)ccc1CN1CCC[C@H]1C(O)(c1ccccc1)c1ccccc1. The second-order valence-corrected chi connectivity index (χ2v) is 8.65. The van der Waals surface area contributed by atoms with Crippen LogP contribution in [-0.2, 0) is 12.1 Å². The Morgan fingerprint density at radius 2 is 1.54 bits per heavy atom. The van der Waals surface area contributed by atoms with Gasteiger partial charge in [-0.1, -0.05) is 66.7 Å². The molecule has 3 aromatic rings. The number of nitrogens with zero attached hydrogens (tertiary/aromatic N) is 1. The van der Waals surface area contributed by atoms with Gasteiger partial charge in [0.05, 0.1) is 0 Å². The number of benzene rings is 3. The maximum Gasteiger partial charge on any atom is 0.130 e. The van der Waals surface area contributed by atoms with Crippen molar-refractivity contribution in [2.45, 2.75) is 31.0 Å². The maximum absolute atomic E-state index is 12.1. The second kappa shape index (κ2) is 8.23. The highest BCUT2D eigenvalue weighted by atomic mass is 127. The van der Waals surface area contributed by atoms with Gasteiger partial charge in [0.2, 0.25) is 0 Å². The van der Waals surface area contributed by atoms with Gasteiger partial charge in [0.1, 0.15) is 11.4 Å². The summed E-state index contributed by atoms with van der Waals surface area (Å²) >= 11 is 2.21. The smallest absolute Gasteiger partial charge is 0.130 e. The number of halogens is 1. The van der Waals surface area contributed by atoms with Gasteiger partial charge < -0.3 is 10.2 Å². The van der Waals surface area contributed by atoms with Crippen molar-refractivity contribution in [3.8, 4) is 5.75 Å². The average molecular weight is 485 g/mol. The molecule has 0 spiro atoms. The van der Waals surface area contributed by atoms with Gasteiger partial charge in [-0.15, -0.1) is 0 Å². The summed E-state index contributed by atoms with van der Waals surface area (Å²) in [5.74, 6) is 0.320. The summed E-state index contributed by atoms with van der Waals surface area (Å²) in [7, 11) is 0. The van der Waals surface area contributed by atoms with Gasteiger partial charge in [0.25, 0.3) is 0 Å². The first-order chi connectivity index (χ1) is 13.6. The molecule has 2 N–H and O–H groups in total. The third-order valence-corrected chi connectivity index (χ3v) is 6.37. The van der Waals surface area contributed by atoms with E-state index in [0.717, 1.165) is 39.6 Å². The van der Waals surface area contributed by atoms with Crippen molar-refractivity contribution in [1.82, 2.24) is 4.90 Å². The molecule has 1 aliphatic rings. The summed E-state index contributed by atoms with van der Waals surface area (Å²) in [5.41, 5.74) is 1.61. The lowest BCUT2D eigenvalue weighted by atomic mass is 9.79. The Balaban J connectivity index is 1.73. The van der Waals surface area contributed by atoms with E-state index in [2.05, 4.69) is 27.5 Å². The summed E-state index contributed by atoms with van der Waals surface area (Å²) in [5, 5.41) is 22.5. The monoisotopic (exact) mass is 485 g/mol. The molecule has 1 saturated heterocycles. The Morgan fingerprint density at radius 1 is 0.929 bits per heavy atom. The van der Waals surface area contributed by atoms with Crippen molar-refractivity contribution >= 4 is 22.6 Å². The van der Waals surface area contributed by atoms with Crippen LogP contribution in [0.5, 0.6) is 5.75 Å². The van der Waals surface area contributed by atoms with E-state index in [1.807, 2.05) is 72.8 Å². The van der Waals surface area contributed by atoms with Crippen molar-refractivity contribution in [3.63, 3.8) is 0 Å². The molecule has 4 rings (SSSR count). The van der Waals surface area contributed by atoms with E-state index in [4.69, 9.17) is 0 Å². The molecule has 0 unspecified atom stereocenters. The number of rotatable bonds is 5. The molecule has 1 aliphatic heterocycles. The minimum atomic E-state index is -1.10. The van der Waals surface area contributed by atoms with Crippen molar-refractivity contribution in [2.75, 3.05) is 6.54 Å². The van der Waals surface area contributed by atoms with Gasteiger partial charge in [0, 0.05) is 21.7 Å². The second-order valence-electron chi connectivity index (χ2n) is 7.40. The number of phenols is 1.